The Morgan fingerprint density at radius 1 is 1.22 bits per heavy atom. The third-order valence-corrected chi connectivity index (χ3v) is 2.89. The summed E-state index contributed by atoms with van der Waals surface area (Å²) in [7, 11) is 1.82. The molecule has 2 rings (SSSR count). The van der Waals surface area contributed by atoms with E-state index in [9.17, 15) is 0 Å². The van der Waals surface area contributed by atoms with Crippen molar-refractivity contribution in [1.82, 2.24) is 9.97 Å². The lowest BCUT2D eigenvalue weighted by Crippen LogP contribution is -2.00. The van der Waals surface area contributed by atoms with Crippen molar-refractivity contribution < 1.29 is 4.74 Å². The molecular formula is C13H14BrN3O. The van der Waals surface area contributed by atoms with Crippen molar-refractivity contribution >= 4 is 21.7 Å². The van der Waals surface area contributed by atoms with Crippen LogP contribution in [0.15, 0.2) is 34.8 Å². The summed E-state index contributed by atoms with van der Waals surface area (Å²) in [6, 6.07) is 9.40. The highest BCUT2D eigenvalue weighted by Crippen LogP contribution is 2.23. The fourth-order valence-electron chi connectivity index (χ4n) is 1.43. The summed E-state index contributed by atoms with van der Waals surface area (Å²) in [5.41, 5.74) is 0. The van der Waals surface area contributed by atoms with Crippen LogP contribution < -0.4 is 10.1 Å². The van der Waals surface area contributed by atoms with Gasteiger partial charge in [0.15, 0.2) is 0 Å². The van der Waals surface area contributed by atoms with Crippen molar-refractivity contribution in [2.24, 2.45) is 0 Å². The van der Waals surface area contributed by atoms with Crippen LogP contribution in [-0.4, -0.2) is 17.0 Å². The molecule has 0 atom stereocenters. The van der Waals surface area contributed by atoms with Gasteiger partial charge in [0.25, 0.3) is 0 Å². The van der Waals surface area contributed by atoms with Crippen LogP contribution in [0.2, 0.25) is 0 Å². The molecule has 1 aromatic carbocycles. The SMILES string of the molecule is CCc1nc(NC)cc(Oc2ccc(Br)cc2)n1. The Kier molecular flexibility index (Phi) is 4.15. The Morgan fingerprint density at radius 2 is 1.94 bits per heavy atom. The summed E-state index contributed by atoms with van der Waals surface area (Å²) in [6.07, 6.45) is 0.770. The smallest absolute Gasteiger partial charge is 0.224 e. The van der Waals surface area contributed by atoms with Gasteiger partial charge in [0.2, 0.25) is 5.88 Å². The van der Waals surface area contributed by atoms with E-state index in [1.165, 1.54) is 0 Å². The molecule has 1 N–H and O–H groups in total. The molecule has 94 valence electrons. The lowest BCUT2D eigenvalue weighted by molar-refractivity contribution is 0.459. The number of rotatable bonds is 4. The average molecular weight is 308 g/mol. The maximum atomic E-state index is 5.71. The number of hydrogen-bond donors (Lipinski definition) is 1. The van der Waals surface area contributed by atoms with Gasteiger partial charge in [-0.15, -0.1) is 0 Å². The van der Waals surface area contributed by atoms with E-state index in [0.29, 0.717) is 5.88 Å². The number of nitrogens with zero attached hydrogens (tertiary/aromatic N) is 2. The van der Waals surface area contributed by atoms with Gasteiger partial charge in [-0.05, 0) is 24.3 Å². The fraction of sp³-hybridized carbons (Fsp3) is 0.231. The van der Waals surface area contributed by atoms with E-state index in [4.69, 9.17) is 4.74 Å². The summed E-state index contributed by atoms with van der Waals surface area (Å²) in [6.45, 7) is 2.01. The number of anilines is 1. The number of benzene rings is 1. The van der Waals surface area contributed by atoms with Crippen LogP contribution in [0.1, 0.15) is 12.7 Å². The predicted octanol–water partition coefficient (Wildman–Crippen LogP) is 3.64. The van der Waals surface area contributed by atoms with Crippen LogP contribution >= 0.6 is 15.9 Å². The van der Waals surface area contributed by atoms with Crippen molar-refractivity contribution in [2.45, 2.75) is 13.3 Å². The monoisotopic (exact) mass is 307 g/mol. The maximum absolute atomic E-state index is 5.71. The van der Waals surface area contributed by atoms with Gasteiger partial charge in [0.1, 0.15) is 17.4 Å². The minimum absolute atomic E-state index is 0.550. The van der Waals surface area contributed by atoms with Crippen LogP contribution in [0.3, 0.4) is 0 Å². The number of halogens is 1. The van der Waals surface area contributed by atoms with Gasteiger partial charge in [0, 0.05) is 24.0 Å². The highest BCUT2D eigenvalue weighted by Gasteiger charge is 2.04. The Labute approximate surface area is 115 Å². The summed E-state index contributed by atoms with van der Waals surface area (Å²) < 4.78 is 6.72. The molecule has 0 aliphatic rings. The normalized spacial score (nSPS) is 10.2. The number of aromatic nitrogens is 2. The van der Waals surface area contributed by atoms with Gasteiger partial charge in [-0.3, -0.25) is 0 Å². The van der Waals surface area contributed by atoms with E-state index >= 15 is 0 Å². The van der Waals surface area contributed by atoms with Gasteiger partial charge >= 0.3 is 0 Å². The topological polar surface area (TPSA) is 47.0 Å². The fourth-order valence-corrected chi connectivity index (χ4v) is 1.70. The van der Waals surface area contributed by atoms with E-state index in [-0.39, 0.29) is 0 Å². The minimum Gasteiger partial charge on any atom is -0.439 e. The molecular weight excluding hydrogens is 294 g/mol. The molecule has 2 aromatic rings. The van der Waals surface area contributed by atoms with E-state index in [1.807, 2.05) is 38.2 Å². The first kappa shape index (κ1) is 12.8. The maximum Gasteiger partial charge on any atom is 0.224 e. The second kappa shape index (κ2) is 5.82. The largest absolute Gasteiger partial charge is 0.439 e. The van der Waals surface area contributed by atoms with Crippen LogP contribution in [-0.2, 0) is 6.42 Å². The van der Waals surface area contributed by atoms with E-state index < -0.39 is 0 Å². The second-order valence-corrected chi connectivity index (χ2v) is 4.58. The zero-order valence-electron chi connectivity index (χ0n) is 10.3. The quantitative estimate of drug-likeness (QED) is 0.937. The number of hydrogen-bond acceptors (Lipinski definition) is 4. The van der Waals surface area contributed by atoms with Crippen molar-refractivity contribution in [3.8, 4) is 11.6 Å². The molecule has 0 radical (unpaired) electrons. The highest BCUT2D eigenvalue weighted by molar-refractivity contribution is 9.10. The molecule has 0 amide bonds. The molecule has 0 aliphatic heterocycles. The Morgan fingerprint density at radius 3 is 2.56 bits per heavy atom. The average Bonchev–Trinajstić information content (AvgIpc) is 2.41. The zero-order chi connectivity index (χ0) is 13.0. The predicted molar refractivity (Wildman–Crippen MR) is 75.2 cm³/mol. The summed E-state index contributed by atoms with van der Waals surface area (Å²) >= 11 is 3.39. The van der Waals surface area contributed by atoms with Crippen molar-refractivity contribution in [3.63, 3.8) is 0 Å². The minimum atomic E-state index is 0.550. The Hall–Kier alpha value is -1.62. The van der Waals surface area contributed by atoms with Gasteiger partial charge < -0.3 is 10.1 Å². The van der Waals surface area contributed by atoms with Crippen LogP contribution in [0.5, 0.6) is 11.6 Å². The third kappa shape index (κ3) is 3.20. The third-order valence-electron chi connectivity index (χ3n) is 2.36. The molecule has 0 unspecified atom stereocenters. The molecule has 0 aliphatic carbocycles. The molecule has 1 heterocycles. The van der Waals surface area contributed by atoms with E-state index in [1.54, 1.807) is 6.07 Å². The van der Waals surface area contributed by atoms with Gasteiger partial charge in [-0.1, -0.05) is 22.9 Å². The zero-order valence-corrected chi connectivity index (χ0v) is 11.9. The second-order valence-electron chi connectivity index (χ2n) is 3.67. The number of nitrogens with one attached hydrogen (secondary N) is 1. The van der Waals surface area contributed by atoms with E-state index in [0.717, 1.165) is 28.3 Å². The van der Waals surface area contributed by atoms with Gasteiger partial charge in [-0.25, -0.2) is 4.98 Å². The van der Waals surface area contributed by atoms with Gasteiger partial charge in [0.05, 0.1) is 0 Å². The molecule has 4 nitrogen and oxygen atoms in total. The molecule has 1 aromatic heterocycles. The first-order chi connectivity index (χ1) is 8.71. The van der Waals surface area contributed by atoms with Crippen molar-refractivity contribution in [1.29, 1.82) is 0 Å². The Bertz CT molecular complexity index is 506. The van der Waals surface area contributed by atoms with E-state index in [2.05, 4.69) is 31.2 Å². The first-order valence-electron chi connectivity index (χ1n) is 5.70. The summed E-state index contributed by atoms with van der Waals surface area (Å²) in [5, 5.41) is 3.00. The highest BCUT2D eigenvalue weighted by atomic mass is 79.9. The van der Waals surface area contributed by atoms with Crippen molar-refractivity contribution in [3.05, 3.63) is 40.6 Å². The standard InChI is InChI=1S/C13H14BrN3O/c1-3-11-16-12(15-2)8-13(17-11)18-10-6-4-9(14)5-7-10/h4-8H,3H2,1-2H3,(H,15,16,17). The Balaban J connectivity index is 2.25. The molecule has 5 heteroatoms. The molecule has 0 fully saturated rings. The lowest BCUT2D eigenvalue weighted by Gasteiger charge is -2.08. The summed E-state index contributed by atoms with van der Waals surface area (Å²) in [4.78, 5) is 8.65. The summed E-state index contributed by atoms with van der Waals surface area (Å²) in [5.74, 6) is 2.82. The lowest BCUT2D eigenvalue weighted by atomic mass is 10.3. The first-order valence-corrected chi connectivity index (χ1v) is 6.49. The van der Waals surface area contributed by atoms with Crippen LogP contribution in [0, 0.1) is 0 Å². The molecule has 18 heavy (non-hydrogen) atoms. The molecule has 0 spiro atoms. The molecule has 0 bridgehead atoms. The number of aryl methyl sites for hydroxylation is 1. The van der Waals surface area contributed by atoms with Crippen LogP contribution in [0.25, 0.3) is 0 Å². The number of ether oxygens (including phenoxy) is 1. The van der Waals surface area contributed by atoms with Crippen molar-refractivity contribution in [2.75, 3.05) is 12.4 Å². The molecule has 0 saturated heterocycles. The van der Waals surface area contributed by atoms with Gasteiger partial charge in [-0.2, -0.15) is 4.98 Å². The molecule has 0 saturated carbocycles. The van der Waals surface area contributed by atoms with Crippen LogP contribution in [0.4, 0.5) is 5.82 Å².